The van der Waals surface area contributed by atoms with Crippen molar-refractivity contribution in [1.82, 2.24) is 9.97 Å². The van der Waals surface area contributed by atoms with Gasteiger partial charge in [-0.1, -0.05) is 6.92 Å². The van der Waals surface area contributed by atoms with E-state index in [-0.39, 0.29) is 12.1 Å². The van der Waals surface area contributed by atoms with Crippen molar-refractivity contribution in [3.8, 4) is 0 Å². The van der Waals surface area contributed by atoms with Gasteiger partial charge in [0.05, 0.1) is 12.4 Å². The van der Waals surface area contributed by atoms with Crippen molar-refractivity contribution in [2.75, 3.05) is 11.9 Å². The first-order valence-electron chi connectivity index (χ1n) is 4.96. The summed E-state index contributed by atoms with van der Waals surface area (Å²) in [5.74, 6) is -0.0740. The molecule has 5 heteroatoms. The normalized spacial score (nSPS) is 14.7. The molecule has 1 atom stereocenters. The summed E-state index contributed by atoms with van der Waals surface area (Å²) < 4.78 is 12.6. The van der Waals surface area contributed by atoms with Crippen molar-refractivity contribution in [1.29, 1.82) is 0 Å². The van der Waals surface area contributed by atoms with Crippen LogP contribution in [0.3, 0.4) is 0 Å². The number of nitrogens with zero attached hydrogens (tertiary/aromatic N) is 2. The van der Waals surface area contributed by atoms with Crippen molar-refractivity contribution in [2.24, 2.45) is 0 Å². The molecule has 0 bridgehead atoms. The van der Waals surface area contributed by atoms with Gasteiger partial charge in [-0.05, 0) is 19.8 Å². The maximum atomic E-state index is 12.6. The summed E-state index contributed by atoms with van der Waals surface area (Å²) in [5, 5.41) is 12.0. The highest BCUT2D eigenvalue weighted by Gasteiger charge is 2.21. The van der Waals surface area contributed by atoms with E-state index in [0.29, 0.717) is 12.4 Å². The molecule has 1 unspecified atom stereocenters. The zero-order valence-corrected chi connectivity index (χ0v) is 9.00. The van der Waals surface area contributed by atoms with Gasteiger partial charge in [0, 0.05) is 12.1 Å². The zero-order chi connectivity index (χ0) is 11.3. The molecule has 1 aromatic rings. The number of anilines is 1. The molecule has 1 heterocycles. The number of hydrogen-bond donors (Lipinski definition) is 2. The summed E-state index contributed by atoms with van der Waals surface area (Å²) in [7, 11) is 0. The molecule has 0 fully saturated rings. The summed E-state index contributed by atoms with van der Waals surface area (Å²) in [6.45, 7) is 4.07. The van der Waals surface area contributed by atoms with Gasteiger partial charge < -0.3 is 10.4 Å². The quantitative estimate of drug-likeness (QED) is 0.779. The Hall–Kier alpha value is -1.23. The van der Waals surface area contributed by atoms with Crippen LogP contribution in [0.15, 0.2) is 12.4 Å². The molecule has 15 heavy (non-hydrogen) atoms. The summed E-state index contributed by atoms with van der Waals surface area (Å²) >= 11 is 0. The minimum absolute atomic E-state index is 0.0958. The van der Waals surface area contributed by atoms with Crippen LogP contribution in [0.25, 0.3) is 0 Å². The highest BCUT2D eigenvalue weighted by atomic mass is 19.1. The standard InChI is InChI=1S/C10H16FN3O/c1-3-10(2,4-5-15)14-9-12-6-8(11)7-13-9/h6-7,15H,3-5H2,1-2H3,(H,12,13,14). The van der Waals surface area contributed by atoms with Crippen molar-refractivity contribution < 1.29 is 9.50 Å². The number of halogens is 1. The van der Waals surface area contributed by atoms with E-state index < -0.39 is 5.82 Å². The maximum absolute atomic E-state index is 12.6. The number of aliphatic hydroxyl groups is 1. The second-order valence-corrected chi connectivity index (χ2v) is 3.74. The van der Waals surface area contributed by atoms with Crippen LogP contribution in [0.5, 0.6) is 0 Å². The van der Waals surface area contributed by atoms with Crippen LogP contribution < -0.4 is 5.32 Å². The number of aliphatic hydroxyl groups excluding tert-OH is 1. The molecule has 0 aliphatic rings. The Morgan fingerprint density at radius 1 is 1.47 bits per heavy atom. The molecular weight excluding hydrogens is 197 g/mol. The van der Waals surface area contributed by atoms with Crippen LogP contribution in [-0.4, -0.2) is 27.2 Å². The Labute approximate surface area is 88.6 Å². The molecule has 0 saturated heterocycles. The van der Waals surface area contributed by atoms with E-state index in [2.05, 4.69) is 15.3 Å². The minimum atomic E-state index is -0.457. The van der Waals surface area contributed by atoms with E-state index >= 15 is 0 Å². The lowest BCUT2D eigenvalue weighted by molar-refractivity contribution is 0.251. The Kier molecular flexibility index (Phi) is 3.96. The van der Waals surface area contributed by atoms with Crippen molar-refractivity contribution in [3.05, 3.63) is 18.2 Å². The third-order valence-corrected chi connectivity index (χ3v) is 2.48. The van der Waals surface area contributed by atoms with Gasteiger partial charge in [-0.2, -0.15) is 0 Å². The molecule has 0 aliphatic carbocycles. The summed E-state index contributed by atoms with van der Waals surface area (Å²) in [4.78, 5) is 7.63. The molecule has 0 aliphatic heterocycles. The number of aromatic nitrogens is 2. The molecule has 2 N–H and O–H groups in total. The first-order chi connectivity index (χ1) is 7.09. The molecule has 1 rings (SSSR count). The van der Waals surface area contributed by atoms with E-state index in [1.54, 1.807) is 0 Å². The van der Waals surface area contributed by atoms with Crippen LogP contribution in [0, 0.1) is 5.82 Å². The van der Waals surface area contributed by atoms with Crippen molar-refractivity contribution in [2.45, 2.75) is 32.2 Å². The topological polar surface area (TPSA) is 58.0 Å². The Balaban J connectivity index is 2.70. The van der Waals surface area contributed by atoms with Gasteiger partial charge in [0.1, 0.15) is 0 Å². The highest BCUT2D eigenvalue weighted by molar-refractivity contribution is 5.27. The number of rotatable bonds is 5. The van der Waals surface area contributed by atoms with E-state index in [1.165, 1.54) is 0 Å². The monoisotopic (exact) mass is 213 g/mol. The molecular formula is C10H16FN3O. The second kappa shape index (κ2) is 5.02. The predicted molar refractivity (Wildman–Crippen MR) is 56.0 cm³/mol. The third-order valence-electron chi connectivity index (χ3n) is 2.48. The largest absolute Gasteiger partial charge is 0.396 e. The Morgan fingerprint density at radius 3 is 2.53 bits per heavy atom. The SMILES string of the molecule is CCC(C)(CCO)Nc1ncc(F)cn1. The maximum Gasteiger partial charge on any atom is 0.223 e. The molecule has 0 radical (unpaired) electrons. The van der Waals surface area contributed by atoms with Crippen LogP contribution in [0.4, 0.5) is 10.3 Å². The Morgan fingerprint density at radius 2 is 2.07 bits per heavy atom. The number of hydrogen-bond acceptors (Lipinski definition) is 4. The van der Waals surface area contributed by atoms with Crippen molar-refractivity contribution >= 4 is 5.95 Å². The summed E-state index contributed by atoms with van der Waals surface area (Å²) in [5.41, 5.74) is -0.257. The predicted octanol–water partition coefficient (Wildman–Crippen LogP) is 1.58. The third kappa shape index (κ3) is 3.43. The van der Waals surface area contributed by atoms with Crippen molar-refractivity contribution in [3.63, 3.8) is 0 Å². The minimum Gasteiger partial charge on any atom is -0.396 e. The van der Waals surface area contributed by atoms with Crippen LogP contribution in [-0.2, 0) is 0 Å². The van der Waals surface area contributed by atoms with Gasteiger partial charge in [-0.3, -0.25) is 0 Å². The van der Waals surface area contributed by atoms with Gasteiger partial charge in [-0.25, -0.2) is 14.4 Å². The highest BCUT2D eigenvalue weighted by Crippen LogP contribution is 2.18. The van der Waals surface area contributed by atoms with Crippen LogP contribution in [0.2, 0.25) is 0 Å². The fourth-order valence-electron chi connectivity index (χ4n) is 1.22. The van der Waals surface area contributed by atoms with Crippen LogP contribution >= 0.6 is 0 Å². The molecule has 84 valence electrons. The lowest BCUT2D eigenvalue weighted by atomic mass is 9.95. The van der Waals surface area contributed by atoms with Gasteiger partial charge >= 0.3 is 0 Å². The molecule has 0 aromatic carbocycles. The first-order valence-corrected chi connectivity index (χ1v) is 4.96. The first kappa shape index (κ1) is 11.8. The second-order valence-electron chi connectivity index (χ2n) is 3.74. The van der Waals surface area contributed by atoms with Gasteiger partial charge in [0.15, 0.2) is 5.82 Å². The van der Waals surface area contributed by atoms with Gasteiger partial charge in [-0.15, -0.1) is 0 Å². The fourth-order valence-corrected chi connectivity index (χ4v) is 1.22. The summed E-state index contributed by atoms with van der Waals surface area (Å²) in [6.07, 6.45) is 3.66. The average molecular weight is 213 g/mol. The molecule has 0 spiro atoms. The molecule has 0 saturated carbocycles. The van der Waals surface area contributed by atoms with Gasteiger partial charge in [0.2, 0.25) is 5.95 Å². The lowest BCUT2D eigenvalue weighted by Crippen LogP contribution is -2.35. The molecule has 4 nitrogen and oxygen atoms in total. The van der Waals surface area contributed by atoms with Crippen LogP contribution in [0.1, 0.15) is 26.7 Å². The molecule has 0 amide bonds. The fraction of sp³-hybridized carbons (Fsp3) is 0.600. The Bertz CT molecular complexity index is 304. The summed E-state index contributed by atoms with van der Waals surface area (Å²) in [6, 6.07) is 0. The smallest absolute Gasteiger partial charge is 0.223 e. The van der Waals surface area contributed by atoms with E-state index in [9.17, 15) is 4.39 Å². The van der Waals surface area contributed by atoms with Gasteiger partial charge in [0.25, 0.3) is 0 Å². The lowest BCUT2D eigenvalue weighted by Gasteiger charge is -2.28. The number of nitrogens with one attached hydrogen (secondary N) is 1. The van der Waals surface area contributed by atoms with E-state index in [4.69, 9.17) is 5.11 Å². The molecule has 1 aromatic heterocycles. The zero-order valence-electron chi connectivity index (χ0n) is 9.00. The van der Waals surface area contributed by atoms with E-state index in [1.807, 2.05) is 13.8 Å². The average Bonchev–Trinajstić information content (AvgIpc) is 2.22. The van der Waals surface area contributed by atoms with E-state index in [0.717, 1.165) is 18.8 Å².